The average Bonchev–Trinajstić information content (AvgIpc) is 2.92. The van der Waals surface area contributed by atoms with Gasteiger partial charge in [0.1, 0.15) is 0 Å². The summed E-state index contributed by atoms with van der Waals surface area (Å²) in [6.07, 6.45) is 38.9. The maximum absolute atomic E-state index is 10.8. The van der Waals surface area contributed by atoms with E-state index in [0.29, 0.717) is 12.0 Å². The highest BCUT2D eigenvalue weighted by Crippen LogP contribution is 2.23. The van der Waals surface area contributed by atoms with E-state index >= 15 is 0 Å². The fourth-order valence-electron chi connectivity index (χ4n) is 3.41. The maximum atomic E-state index is 10.8. The Hall–Kier alpha value is -3.21. The number of unbranched alkanes of at least 4 members (excludes halogenated alkanes) is 1. The lowest BCUT2D eigenvalue weighted by Crippen LogP contribution is -2.28. The first kappa shape index (κ1) is 36.8. The minimum atomic E-state index is -0.909. The molecule has 5 atom stereocenters. The molecule has 0 aliphatic rings. The van der Waals surface area contributed by atoms with E-state index in [9.17, 15) is 15.0 Å². The third-order valence-electron chi connectivity index (χ3n) is 6.59. The van der Waals surface area contributed by atoms with Crippen LogP contribution in [0.1, 0.15) is 60.8 Å². The van der Waals surface area contributed by atoms with Crippen LogP contribution in [0.4, 0.5) is 0 Å². The monoisotopic (exact) mass is 548 g/mol. The molecule has 220 valence electrons. The predicted molar refractivity (Wildman–Crippen MR) is 172 cm³/mol. The lowest BCUT2D eigenvalue weighted by atomic mass is 9.84. The summed E-state index contributed by atoms with van der Waals surface area (Å²) in [5.74, 6) is -0.190. The van der Waals surface area contributed by atoms with Crippen molar-refractivity contribution >= 4 is 5.97 Å². The summed E-state index contributed by atoms with van der Waals surface area (Å²) in [5, 5.41) is 29.3. The van der Waals surface area contributed by atoms with Crippen LogP contribution in [0.25, 0.3) is 0 Å². The Morgan fingerprint density at radius 1 is 0.625 bits per heavy atom. The van der Waals surface area contributed by atoms with Gasteiger partial charge in [-0.3, -0.25) is 0 Å². The van der Waals surface area contributed by atoms with Crippen LogP contribution in [0.15, 0.2) is 121 Å². The second-order valence-corrected chi connectivity index (χ2v) is 10.4. The average molecular weight is 549 g/mol. The fraction of sp³-hybridized carbons (Fsp3) is 0.417. The molecule has 5 unspecified atom stereocenters. The molecule has 0 saturated heterocycles. The molecule has 0 aromatic carbocycles. The summed E-state index contributed by atoms with van der Waals surface area (Å²) in [6, 6.07) is 0. The number of rotatable bonds is 19. The summed E-state index contributed by atoms with van der Waals surface area (Å²) in [7, 11) is 0. The summed E-state index contributed by atoms with van der Waals surface area (Å²) in [5.41, 5.74) is 0.306. The van der Waals surface area contributed by atoms with Crippen LogP contribution >= 0.6 is 0 Å². The van der Waals surface area contributed by atoms with Crippen molar-refractivity contribution < 1.29 is 20.1 Å². The van der Waals surface area contributed by atoms with Crippen molar-refractivity contribution in [3.63, 3.8) is 0 Å². The molecule has 0 bridgehead atoms. The third kappa shape index (κ3) is 19.8. The zero-order chi connectivity index (χ0) is 30.2. The van der Waals surface area contributed by atoms with Crippen molar-refractivity contribution in [2.45, 2.75) is 73.0 Å². The standard InChI is InChI=1S/C36H52O4/c1-29(2)34(37)28-24-20-16-11-9-7-8-10-13-17-21-25-30(3)33(6)35(38)31(4)26-22-18-14-12-15-19-23-27-32(5)36(39)40/h7-13,15-17,19-27,29-31,33-35,37-38H,14,18,28H2,1-6H3,(H,39,40). The molecule has 0 heterocycles. The van der Waals surface area contributed by atoms with Crippen molar-refractivity contribution in [3.05, 3.63) is 121 Å². The largest absolute Gasteiger partial charge is 0.478 e. The minimum absolute atomic E-state index is 0.0697. The molecule has 0 aliphatic heterocycles. The first-order valence-electron chi connectivity index (χ1n) is 14.3. The van der Waals surface area contributed by atoms with Crippen LogP contribution in [0, 0.1) is 23.7 Å². The first-order chi connectivity index (χ1) is 19.1. The molecule has 0 fully saturated rings. The Morgan fingerprint density at radius 3 is 1.70 bits per heavy atom. The van der Waals surface area contributed by atoms with Gasteiger partial charge in [0.2, 0.25) is 0 Å². The molecule has 4 nitrogen and oxygen atoms in total. The Bertz CT molecular complexity index is 982. The normalized spacial score (nSPS) is 18.0. The highest BCUT2D eigenvalue weighted by atomic mass is 16.4. The van der Waals surface area contributed by atoms with Gasteiger partial charge in [-0.1, -0.05) is 150 Å². The fourth-order valence-corrected chi connectivity index (χ4v) is 3.41. The number of hydrogen-bond donors (Lipinski definition) is 3. The van der Waals surface area contributed by atoms with Gasteiger partial charge in [-0.05, 0) is 43.9 Å². The van der Waals surface area contributed by atoms with E-state index in [1.54, 1.807) is 19.1 Å². The molecular weight excluding hydrogens is 496 g/mol. The molecule has 0 aromatic rings. The Kier molecular flexibility index (Phi) is 21.8. The highest BCUT2D eigenvalue weighted by Gasteiger charge is 2.22. The number of carboxylic acids is 1. The van der Waals surface area contributed by atoms with Gasteiger partial charge in [0.05, 0.1) is 12.2 Å². The van der Waals surface area contributed by atoms with Crippen LogP contribution in [0.2, 0.25) is 0 Å². The van der Waals surface area contributed by atoms with E-state index in [4.69, 9.17) is 5.11 Å². The molecule has 0 aromatic heterocycles. The van der Waals surface area contributed by atoms with Crippen LogP contribution in [0.5, 0.6) is 0 Å². The van der Waals surface area contributed by atoms with Gasteiger partial charge >= 0.3 is 5.97 Å². The number of allylic oxidation sites excluding steroid dienone is 17. The molecule has 3 N–H and O–H groups in total. The number of hydrogen-bond acceptors (Lipinski definition) is 3. The number of aliphatic hydroxyl groups is 2. The van der Waals surface area contributed by atoms with Gasteiger partial charge < -0.3 is 15.3 Å². The zero-order valence-corrected chi connectivity index (χ0v) is 25.3. The summed E-state index contributed by atoms with van der Waals surface area (Å²) in [6.45, 7) is 11.9. The van der Waals surface area contributed by atoms with Gasteiger partial charge in [0, 0.05) is 11.5 Å². The van der Waals surface area contributed by atoms with Gasteiger partial charge in [0.15, 0.2) is 0 Å². The molecule has 40 heavy (non-hydrogen) atoms. The van der Waals surface area contributed by atoms with E-state index in [1.807, 2.05) is 106 Å². The molecular formula is C36H52O4. The number of carboxylic acid groups (broad SMARTS) is 1. The van der Waals surface area contributed by atoms with Gasteiger partial charge in [-0.25, -0.2) is 4.79 Å². The third-order valence-corrected chi connectivity index (χ3v) is 6.59. The van der Waals surface area contributed by atoms with Crippen LogP contribution in [0.3, 0.4) is 0 Å². The lowest BCUT2D eigenvalue weighted by Gasteiger charge is -2.26. The van der Waals surface area contributed by atoms with Gasteiger partial charge in [-0.2, -0.15) is 0 Å². The van der Waals surface area contributed by atoms with E-state index in [-0.39, 0.29) is 29.8 Å². The smallest absolute Gasteiger partial charge is 0.331 e. The van der Waals surface area contributed by atoms with Gasteiger partial charge in [0.25, 0.3) is 0 Å². The number of carbonyl (C=O) groups is 1. The van der Waals surface area contributed by atoms with Crippen molar-refractivity contribution in [1.29, 1.82) is 0 Å². The maximum Gasteiger partial charge on any atom is 0.331 e. The zero-order valence-electron chi connectivity index (χ0n) is 25.3. The molecule has 0 radical (unpaired) electrons. The molecule has 0 aliphatic carbocycles. The molecule has 0 saturated carbocycles. The van der Waals surface area contributed by atoms with E-state index in [1.165, 1.54) is 0 Å². The van der Waals surface area contributed by atoms with Gasteiger partial charge in [-0.15, -0.1) is 0 Å². The second-order valence-electron chi connectivity index (χ2n) is 10.4. The second kappa shape index (κ2) is 23.7. The summed E-state index contributed by atoms with van der Waals surface area (Å²) >= 11 is 0. The lowest BCUT2D eigenvalue weighted by molar-refractivity contribution is -0.132. The van der Waals surface area contributed by atoms with Crippen LogP contribution in [-0.4, -0.2) is 33.5 Å². The first-order valence-corrected chi connectivity index (χ1v) is 14.3. The summed E-state index contributed by atoms with van der Waals surface area (Å²) < 4.78 is 0. The SMILES string of the molecule is CC(=CC=CC=CCCC=CC(C)C(O)C(C)C(C)C=CC=CC=CC=CC=CC=CCC(O)C(C)C)C(=O)O. The van der Waals surface area contributed by atoms with Crippen molar-refractivity contribution in [2.75, 3.05) is 0 Å². The van der Waals surface area contributed by atoms with E-state index in [0.717, 1.165) is 12.8 Å². The summed E-state index contributed by atoms with van der Waals surface area (Å²) in [4.78, 5) is 10.7. The van der Waals surface area contributed by atoms with Crippen LogP contribution in [-0.2, 0) is 4.79 Å². The topological polar surface area (TPSA) is 77.8 Å². The number of aliphatic carboxylic acids is 1. The quantitative estimate of drug-likeness (QED) is 0.0655. The molecule has 4 heteroatoms. The Labute approximate surface area is 243 Å². The Morgan fingerprint density at radius 2 is 1.12 bits per heavy atom. The number of aliphatic hydroxyl groups excluding tert-OH is 2. The molecule has 0 spiro atoms. The van der Waals surface area contributed by atoms with E-state index < -0.39 is 12.1 Å². The van der Waals surface area contributed by atoms with Crippen molar-refractivity contribution in [2.24, 2.45) is 23.7 Å². The molecule has 0 rings (SSSR count). The Balaban J connectivity index is 4.35. The van der Waals surface area contributed by atoms with Crippen molar-refractivity contribution in [3.8, 4) is 0 Å². The predicted octanol–water partition coefficient (Wildman–Crippen LogP) is 8.48. The highest BCUT2D eigenvalue weighted by molar-refractivity contribution is 5.86. The van der Waals surface area contributed by atoms with Crippen LogP contribution < -0.4 is 0 Å². The minimum Gasteiger partial charge on any atom is -0.478 e. The van der Waals surface area contributed by atoms with E-state index in [2.05, 4.69) is 32.1 Å². The van der Waals surface area contributed by atoms with Crippen molar-refractivity contribution in [1.82, 2.24) is 0 Å². The molecule has 0 amide bonds.